The van der Waals surface area contributed by atoms with E-state index in [9.17, 15) is 19.5 Å². The number of piperazine rings is 3. The van der Waals surface area contributed by atoms with E-state index in [1.54, 1.807) is 13.0 Å². The molecule has 296 valence electrons. The maximum atomic E-state index is 14.0. The van der Waals surface area contributed by atoms with E-state index >= 15 is 0 Å². The van der Waals surface area contributed by atoms with Crippen LogP contribution in [-0.2, 0) is 39.8 Å². The summed E-state index contributed by atoms with van der Waals surface area (Å²) in [5, 5.41) is 12.1. The van der Waals surface area contributed by atoms with Crippen molar-refractivity contribution in [1.82, 2.24) is 0 Å². The van der Waals surface area contributed by atoms with Crippen LogP contribution in [0, 0.1) is 29.6 Å². The normalized spacial score (nSPS) is 43.1. The lowest BCUT2D eigenvalue weighted by atomic mass is 9.57. The molecule has 5 aliphatic heterocycles. The maximum absolute atomic E-state index is 14.0. The molecule has 0 unspecified atom stereocenters. The molecule has 5 fully saturated rings. The molecule has 9 rings (SSSR count). The lowest BCUT2D eigenvalue weighted by molar-refractivity contribution is -1.08. The van der Waals surface area contributed by atoms with Crippen molar-refractivity contribution < 1.29 is 52.1 Å². The molecule has 12 atom stereocenters. The first-order valence-electron chi connectivity index (χ1n) is 20.3. The van der Waals surface area contributed by atoms with Gasteiger partial charge in [0.1, 0.15) is 75.8 Å². The lowest BCUT2D eigenvalue weighted by Crippen LogP contribution is -2.73. The molecule has 4 saturated heterocycles. The van der Waals surface area contributed by atoms with E-state index in [0.29, 0.717) is 17.6 Å². The molecule has 5 heterocycles. The molecule has 6 bridgehead atoms. The number of allylic oxidation sites excluding steroid dienone is 3. The van der Waals surface area contributed by atoms with E-state index in [2.05, 4.69) is 25.3 Å². The zero-order chi connectivity index (χ0) is 38.9. The Morgan fingerprint density at radius 3 is 2.47 bits per heavy atom. The van der Waals surface area contributed by atoms with E-state index in [1.165, 1.54) is 7.11 Å². The van der Waals surface area contributed by atoms with Crippen molar-refractivity contribution in [2.24, 2.45) is 29.6 Å². The first kappa shape index (κ1) is 38.3. The Morgan fingerprint density at radius 2 is 1.78 bits per heavy atom. The molecule has 0 aromatic heterocycles. The number of cyclic esters (lactones) is 1. The monoisotopic (exact) mass is 758 g/mol. The van der Waals surface area contributed by atoms with Crippen molar-refractivity contribution in [3.05, 3.63) is 83.0 Å². The molecule has 8 aliphatic rings. The number of quaternary nitrogens is 2. The number of aliphatic hydroxyl groups is 1. The fourth-order valence-corrected chi connectivity index (χ4v) is 11.1. The number of esters is 3. The third kappa shape index (κ3) is 6.53. The van der Waals surface area contributed by atoms with Gasteiger partial charge in [0.25, 0.3) is 0 Å². The average molecular weight is 759 g/mol. The van der Waals surface area contributed by atoms with Gasteiger partial charge in [-0.25, -0.2) is 14.4 Å². The first-order chi connectivity index (χ1) is 26.3. The van der Waals surface area contributed by atoms with Crippen molar-refractivity contribution in [3.63, 3.8) is 0 Å². The molecule has 1 saturated carbocycles. The van der Waals surface area contributed by atoms with Gasteiger partial charge >= 0.3 is 17.9 Å². The number of methoxy groups -OCH3 is 1. The second-order valence-corrected chi connectivity index (χ2v) is 17.8. The molecule has 0 radical (unpaired) electrons. The van der Waals surface area contributed by atoms with Crippen LogP contribution in [0.5, 0.6) is 0 Å². The number of rotatable bonds is 8. The summed E-state index contributed by atoms with van der Waals surface area (Å²) in [7, 11) is 3.84. The molecular formula is C44H58N2O9+2. The Labute approximate surface area is 324 Å². The topological polar surface area (TPSA) is 118 Å². The number of benzene rings is 1. The van der Waals surface area contributed by atoms with Crippen molar-refractivity contribution in [1.29, 1.82) is 0 Å². The minimum absolute atomic E-state index is 0.204. The molecule has 3 aliphatic carbocycles. The second-order valence-electron chi connectivity index (χ2n) is 17.8. The van der Waals surface area contributed by atoms with Crippen molar-refractivity contribution in [2.45, 2.75) is 89.3 Å². The van der Waals surface area contributed by atoms with Gasteiger partial charge in [-0.1, -0.05) is 68.5 Å². The smallest absolute Gasteiger partial charge is 0.339 e. The van der Waals surface area contributed by atoms with Crippen LogP contribution in [-0.4, -0.2) is 128 Å². The minimum Gasteiger partial charge on any atom is -0.456 e. The van der Waals surface area contributed by atoms with Gasteiger partial charge in [-0.2, -0.15) is 0 Å². The largest absolute Gasteiger partial charge is 0.456 e. The van der Waals surface area contributed by atoms with Crippen LogP contribution in [0.15, 0.2) is 71.9 Å². The van der Waals surface area contributed by atoms with Gasteiger partial charge in [-0.3, -0.25) is 0 Å². The summed E-state index contributed by atoms with van der Waals surface area (Å²) in [4.78, 5) is 41.2. The van der Waals surface area contributed by atoms with Gasteiger partial charge < -0.3 is 37.8 Å². The number of aliphatic hydroxyl groups excluding tert-OH is 1. The molecule has 0 amide bonds. The predicted octanol–water partition coefficient (Wildman–Crippen LogP) is 4.30. The third-order valence-electron chi connectivity index (χ3n) is 14.5. The molecule has 1 N–H and O–H groups in total. The number of nitrogens with zero attached hydrogens (tertiary/aromatic N) is 2. The Kier molecular flexibility index (Phi) is 10.0. The number of hydrogen-bond donors (Lipinski definition) is 1. The van der Waals surface area contributed by atoms with E-state index in [4.69, 9.17) is 23.7 Å². The summed E-state index contributed by atoms with van der Waals surface area (Å²) in [6.07, 6.45) is 7.92. The van der Waals surface area contributed by atoms with E-state index in [1.807, 2.05) is 57.2 Å². The van der Waals surface area contributed by atoms with E-state index in [0.717, 1.165) is 65.9 Å². The number of ether oxygens (including phenoxy) is 5. The minimum atomic E-state index is -0.995. The van der Waals surface area contributed by atoms with Crippen molar-refractivity contribution in [3.8, 4) is 0 Å². The van der Waals surface area contributed by atoms with Crippen LogP contribution in [0.25, 0.3) is 0 Å². The maximum Gasteiger partial charge on any atom is 0.339 e. The number of hydrogen-bond acceptors (Lipinski definition) is 9. The molecular weight excluding hydrogens is 700 g/mol. The van der Waals surface area contributed by atoms with Gasteiger partial charge in [-0.15, -0.1) is 0 Å². The standard InChI is InChI=1S/C44H58N2O9/c1-26-23-27(2)44-32(15-16-34-36(44)37(47)28(3)39(40(34)55-44)54-41(48)30-11-7-8-12-30)24-35(51-6)43(50)53-38(26)29(4)52-42(49)33-14-10-9-13-31(33)25-46-20-17-45(5,18-21-46)19-22-46/h7-11,13-16,23,26,28-29,32,34-40,47H,12,17-22,24-25H2,1-6H3/q+2/b27-23+/t26-,28-,29-,32-,34-,35+,36+,37-,38+,39-,40-,44+,45?,46?/m1/s1. The van der Waals surface area contributed by atoms with Gasteiger partial charge in [0.15, 0.2) is 6.10 Å². The summed E-state index contributed by atoms with van der Waals surface area (Å²) in [5.74, 6) is -3.04. The van der Waals surface area contributed by atoms with E-state index in [-0.39, 0.29) is 30.1 Å². The summed E-state index contributed by atoms with van der Waals surface area (Å²) in [6.45, 7) is 15.2. The molecule has 1 aromatic rings. The number of likely N-dealkylation sites (N-methyl/N-ethyl adjacent to an activating group) is 1. The SMILES string of the molecule is CO[C@H]1C[C@H]2C=C[C@H]3[C@H]4O[C@]2(/C(C)=C/[C@@H](C)[C@@H]([C@@H](C)OC(=O)c2ccccc2C[N+]25CC[N+](C)(CC2)CC5)OC1=O)[C@@H]3[C@H](O)[C@@H](C)[C@H]4OC(=O)C1=CC=CC1. The van der Waals surface area contributed by atoms with Gasteiger partial charge in [0, 0.05) is 47.8 Å². The van der Waals surface area contributed by atoms with Crippen LogP contribution in [0.3, 0.4) is 0 Å². The van der Waals surface area contributed by atoms with Crippen molar-refractivity contribution >= 4 is 17.9 Å². The summed E-state index contributed by atoms with van der Waals surface area (Å²) >= 11 is 0. The first-order valence-corrected chi connectivity index (χ1v) is 20.3. The fraction of sp³-hybridized carbons (Fsp3) is 0.614. The Hall–Kier alpha value is -3.61. The average Bonchev–Trinajstić information content (AvgIpc) is 3.78. The Morgan fingerprint density at radius 1 is 1.05 bits per heavy atom. The van der Waals surface area contributed by atoms with Crippen LogP contribution in [0.1, 0.15) is 56.5 Å². The molecule has 55 heavy (non-hydrogen) atoms. The fourth-order valence-electron chi connectivity index (χ4n) is 11.1. The zero-order valence-electron chi connectivity index (χ0n) is 33.1. The van der Waals surface area contributed by atoms with Crippen molar-refractivity contribution in [2.75, 3.05) is 53.4 Å². The third-order valence-corrected chi connectivity index (χ3v) is 14.5. The number of carbonyl (C=O) groups is 3. The van der Waals surface area contributed by atoms with Crippen LogP contribution in [0.4, 0.5) is 0 Å². The lowest BCUT2D eigenvalue weighted by Gasteiger charge is -2.54. The molecule has 11 nitrogen and oxygen atoms in total. The molecule has 11 heteroatoms. The number of carbonyl (C=O) groups excluding carboxylic acids is 3. The highest BCUT2D eigenvalue weighted by atomic mass is 16.6. The Balaban J connectivity index is 1.06. The quantitative estimate of drug-likeness (QED) is 0.179. The van der Waals surface area contributed by atoms with E-state index < -0.39 is 66.1 Å². The molecule has 1 aromatic carbocycles. The van der Waals surface area contributed by atoms with Gasteiger partial charge in [-0.05, 0) is 38.3 Å². The highest BCUT2D eigenvalue weighted by molar-refractivity contribution is 5.91. The summed E-state index contributed by atoms with van der Waals surface area (Å²) < 4.78 is 33.7. The van der Waals surface area contributed by atoms with Gasteiger partial charge in [0.05, 0.1) is 18.7 Å². The van der Waals surface area contributed by atoms with Gasteiger partial charge in [0.2, 0.25) is 0 Å². The zero-order valence-corrected chi connectivity index (χ0v) is 33.1. The highest BCUT2D eigenvalue weighted by Crippen LogP contribution is 2.61. The summed E-state index contributed by atoms with van der Waals surface area (Å²) in [6, 6.07) is 7.73. The Bertz CT molecular complexity index is 1810. The summed E-state index contributed by atoms with van der Waals surface area (Å²) in [5.41, 5.74) is 2.00. The van der Waals surface area contributed by atoms with Crippen LogP contribution in [0.2, 0.25) is 0 Å². The second kappa shape index (κ2) is 14.4. The van der Waals surface area contributed by atoms with Crippen LogP contribution < -0.4 is 0 Å². The number of fused-ring (bicyclic) bond motifs is 3. The predicted molar refractivity (Wildman–Crippen MR) is 203 cm³/mol. The highest BCUT2D eigenvalue weighted by Gasteiger charge is 2.69. The van der Waals surface area contributed by atoms with Crippen LogP contribution >= 0.6 is 0 Å². The molecule has 1 spiro atoms.